The lowest BCUT2D eigenvalue weighted by Gasteiger charge is -2.05. The highest BCUT2D eigenvalue weighted by molar-refractivity contribution is 5.67. The Bertz CT molecular complexity index is 744. The number of nitrogens with zero attached hydrogens (tertiary/aromatic N) is 2. The number of benzene rings is 1. The zero-order valence-corrected chi connectivity index (χ0v) is 11.6. The average Bonchev–Trinajstić information content (AvgIpc) is 2.77. The van der Waals surface area contributed by atoms with Gasteiger partial charge in [-0.1, -0.05) is 0 Å². The van der Waals surface area contributed by atoms with Gasteiger partial charge in [-0.2, -0.15) is 0 Å². The van der Waals surface area contributed by atoms with Crippen LogP contribution in [0.5, 0.6) is 5.75 Å². The molecule has 102 valence electrons. The van der Waals surface area contributed by atoms with Gasteiger partial charge in [-0.25, -0.2) is 4.98 Å². The molecule has 0 aliphatic carbocycles. The Morgan fingerprint density at radius 2 is 1.90 bits per heavy atom. The van der Waals surface area contributed by atoms with Crippen LogP contribution in [0.15, 0.2) is 42.6 Å². The van der Waals surface area contributed by atoms with Crippen LogP contribution in [0.25, 0.3) is 16.9 Å². The highest BCUT2D eigenvalue weighted by Crippen LogP contribution is 2.25. The largest absolute Gasteiger partial charge is 0.494 e. The molecule has 0 spiro atoms. The lowest BCUT2D eigenvalue weighted by Crippen LogP contribution is -1.94. The maximum atomic E-state index is 5.88. The number of nitrogens with two attached hydrogens (primary N) is 1. The van der Waals surface area contributed by atoms with Gasteiger partial charge in [0.05, 0.1) is 17.8 Å². The molecule has 0 bridgehead atoms. The summed E-state index contributed by atoms with van der Waals surface area (Å²) in [4.78, 5) is 4.64. The van der Waals surface area contributed by atoms with Crippen molar-refractivity contribution in [3.05, 3.63) is 48.3 Å². The predicted octanol–water partition coefficient (Wildman–Crippen LogP) is 3.29. The minimum absolute atomic E-state index is 0.668. The van der Waals surface area contributed by atoms with Crippen LogP contribution >= 0.6 is 0 Å². The smallest absolute Gasteiger partial charge is 0.144 e. The summed E-state index contributed by atoms with van der Waals surface area (Å²) in [6.07, 6.45) is 1.90. The normalized spacial score (nSPS) is 10.9. The molecule has 0 amide bonds. The topological polar surface area (TPSA) is 52.5 Å². The Hall–Kier alpha value is -2.49. The first kappa shape index (κ1) is 12.5. The van der Waals surface area contributed by atoms with E-state index in [0.29, 0.717) is 6.61 Å². The van der Waals surface area contributed by atoms with Gasteiger partial charge in [0, 0.05) is 17.4 Å². The van der Waals surface area contributed by atoms with Crippen LogP contribution in [0.3, 0.4) is 0 Å². The van der Waals surface area contributed by atoms with Crippen molar-refractivity contribution in [1.82, 2.24) is 9.38 Å². The average molecular weight is 267 g/mol. The number of imidazole rings is 1. The first-order valence-corrected chi connectivity index (χ1v) is 6.66. The monoisotopic (exact) mass is 267 g/mol. The molecule has 3 aromatic rings. The molecule has 2 heterocycles. The molecular formula is C16H17N3O. The number of fused-ring (bicyclic) bond motifs is 1. The van der Waals surface area contributed by atoms with E-state index in [1.165, 1.54) is 0 Å². The van der Waals surface area contributed by atoms with Gasteiger partial charge < -0.3 is 10.5 Å². The SMILES string of the molecule is CCOc1ccc(-c2nc(C)c3ccc(N)cn23)cc1. The molecular weight excluding hydrogens is 250 g/mol. The van der Waals surface area contributed by atoms with Crippen molar-refractivity contribution in [3.8, 4) is 17.1 Å². The van der Waals surface area contributed by atoms with Gasteiger partial charge in [-0.05, 0) is 50.2 Å². The molecule has 4 heteroatoms. The molecule has 0 aliphatic heterocycles. The number of ether oxygens (including phenoxy) is 1. The fraction of sp³-hybridized carbons (Fsp3) is 0.188. The Labute approximate surface area is 117 Å². The number of aryl methyl sites for hydroxylation is 1. The van der Waals surface area contributed by atoms with Gasteiger partial charge in [0.2, 0.25) is 0 Å². The van der Waals surface area contributed by atoms with Gasteiger partial charge >= 0.3 is 0 Å². The molecule has 20 heavy (non-hydrogen) atoms. The zero-order chi connectivity index (χ0) is 14.1. The molecule has 0 saturated carbocycles. The van der Waals surface area contributed by atoms with E-state index in [2.05, 4.69) is 4.98 Å². The lowest BCUT2D eigenvalue weighted by molar-refractivity contribution is 0.340. The maximum absolute atomic E-state index is 5.88. The number of aromatic nitrogens is 2. The first-order valence-electron chi connectivity index (χ1n) is 6.66. The van der Waals surface area contributed by atoms with Crippen molar-refractivity contribution in [2.45, 2.75) is 13.8 Å². The third kappa shape index (κ3) is 2.09. The highest BCUT2D eigenvalue weighted by Gasteiger charge is 2.10. The van der Waals surface area contributed by atoms with E-state index in [1.54, 1.807) is 0 Å². The third-order valence-corrected chi connectivity index (χ3v) is 3.27. The van der Waals surface area contributed by atoms with Crippen molar-refractivity contribution >= 4 is 11.2 Å². The van der Waals surface area contributed by atoms with Crippen LogP contribution in [0.2, 0.25) is 0 Å². The van der Waals surface area contributed by atoms with Crippen LogP contribution < -0.4 is 10.5 Å². The summed E-state index contributed by atoms with van der Waals surface area (Å²) in [5.41, 5.74) is 9.71. The Morgan fingerprint density at radius 1 is 1.15 bits per heavy atom. The highest BCUT2D eigenvalue weighted by atomic mass is 16.5. The van der Waals surface area contributed by atoms with Gasteiger partial charge in [0.15, 0.2) is 0 Å². The van der Waals surface area contributed by atoms with Crippen molar-refractivity contribution < 1.29 is 4.74 Å². The quantitative estimate of drug-likeness (QED) is 0.792. The molecule has 0 atom stereocenters. The first-order chi connectivity index (χ1) is 9.69. The van der Waals surface area contributed by atoms with Crippen molar-refractivity contribution in [3.63, 3.8) is 0 Å². The molecule has 0 aliphatic rings. The van der Waals surface area contributed by atoms with Crippen LogP contribution in [-0.4, -0.2) is 16.0 Å². The summed E-state index contributed by atoms with van der Waals surface area (Å²) in [6, 6.07) is 11.8. The van der Waals surface area contributed by atoms with Gasteiger partial charge in [0.1, 0.15) is 11.6 Å². The van der Waals surface area contributed by atoms with E-state index in [4.69, 9.17) is 10.5 Å². The molecule has 1 aromatic carbocycles. The maximum Gasteiger partial charge on any atom is 0.144 e. The zero-order valence-electron chi connectivity index (χ0n) is 11.6. The second-order valence-corrected chi connectivity index (χ2v) is 4.70. The molecule has 0 fully saturated rings. The standard InChI is InChI=1S/C16H17N3O/c1-3-20-14-7-4-12(5-8-14)16-18-11(2)15-9-6-13(17)10-19(15)16/h4-10H,3,17H2,1-2H3. The van der Waals surface area contributed by atoms with Crippen LogP contribution in [0.1, 0.15) is 12.6 Å². The fourth-order valence-corrected chi connectivity index (χ4v) is 2.33. The Balaban J connectivity index is 2.11. The molecule has 3 rings (SSSR count). The van der Waals surface area contributed by atoms with Crippen molar-refractivity contribution in [2.75, 3.05) is 12.3 Å². The van der Waals surface area contributed by atoms with E-state index in [0.717, 1.165) is 34.0 Å². The van der Waals surface area contributed by atoms with Gasteiger partial charge in [-0.3, -0.25) is 4.40 Å². The summed E-state index contributed by atoms with van der Waals surface area (Å²) < 4.78 is 7.49. The molecule has 0 radical (unpaired) electrons. The second-order valence-electron chi connectivity index (χ2n) is 4.70. The van der Waals surface area contributed by atoms with Crippen LogP contribution in [-0.2, 0) is 0 Å². The van der Waals surface area contributed by atoms with Crippen molar-refractivity contribution in [1.29, 1.82) is 0 Å². The van der Waals surface area contributed by atoms with Gasteiger partial charge in [-0.15, -0.1) is 0 Å². The lowest BCUT2D eigenvalue weighted by atomic mass is 10.2. The minimum atomic E-state index is 0.668. The summed E-state index contributed by atoms with van der Waals surface area (Å²) in [6.45, 7) is 4.65. The molecule has 0 saturated heterocycles. The molecule has 2 aromatic heterocycles. The Morgan fingerprint density at radius 3 is 2.60 bits per heavy atom. The van der Waals surface area contributed by atoms with Gasteiger partial charge in [0.25, 0.3) is 0 Å². The van der Waals surface area contributed by atoms with E-state index >= 15 is 0 Å². The number of pyridine rings is 1. The number of rotatable bonds is 3. The van der Waals surface area contributed by atoms with Crippen LogP contribution in [0, 0.1) is 6.92 Å². The van der Waals surface area contributed by atoms with E-state index in [-0.39, 0.29) is 0 Å². The van der Waals surface area contributed by atoms with E-state index in [1.807, 2.05) is 60.8 Å². The Kier molecular flexibility index (Phi) is 3.06. The van der Waals surface area contributed by atoms with Crippen LogP contribution in [0.4, 0.5) is 5.69 Å². The third-order valence-electron chi connectivity index (χ3n) is 3.27. The number of hydrogen-bond donors (Lipinski definition) is 1. The minimum Gasteiger partial charge on any atom is -0.494 e. The molecule has 4 nitrogen and oxygen atoms in total. The summed E-state index contributed by atoms with van der Waals surface area (Å²) >= 11 is 0. The summed E-state index contributed by atoms with van der Waals surface area (Å²) in [5, 5.41) is 0. The summed E-state index contributed by atoms with van der Waals surface area (Å²) in [5.74, 6) is 1.76. The second kappa shape index (κ2) is 4.89. The number of nitrogen functional groups attached to an aromatic ring is 1. The predicted molar refractivity (Wildman–Crippen MR) is 80.9 cm³/mol. The van der Waals surface area contributed by atoms with E-state index < -0.39 is 0 Å². The van der Waals surface area contributed by atoms with E-state index in [9.17, 15) is 0 Å². The summed E-state index contributed by atoms with van der Waals surface area (Å²) in [7, 11) is 0. The number of hydrogen-bond acceptors (Lipinski definition) is 3. The number of anilines is 1. The van der Waals surface area contributed by atoms with Crippen molar-refractivity contribution in [2.24, 2.45) is 0 Å². The fourth-order valence-electron chi connectivity index (χ4n) is 2.33. The molecule has 2 N–H and O–H groups in total. The molecule has 0 unspecified atom stereocenters.